The van der Waals surface area contributed by atoms with Crippen molar-refractivity contribution in [1.29, 1.82) is 0 Å². The summed E-state index contributed by atoms with van der Waals surface area (Å²) in [5.41, 5.74) is 1.38. The Balaban J connectivity index is 1.67. The van der Waals surface area contributed by atoms with E-state index >= 15 is 0 Å². The first-order chi connectivity index (χ1) is 14.0. The number of aromatic nitrogens is 2. The highest BCUT2D eigenvalue weighted by Crippen LogP contribution is 2.37. The summed E-state index contributed by atoms with van der Waals surface area (Å²) in [6, 6.07) is 4.86. The Hall–Kier alpha value is -3.36. The van der Waals surface area contributed by atoms with E-state index in [0.717, 1.165) is 31.5 Å². The van der Waals surface area contributed by atoms with Crippen LogP contribution in [0.1, 0.15) is 36.0 Å². The molecular weight excluding hydrogens is 374 g/mol. The summed E-state index contributed by atoms with van der Waals surface area (Å²) in [6.45, 7) is 0.307. The Morgan fingerprint density at radius 1 is 1.31 bits per heavy atom. The van der Waals surface area contributed by atoms with Crippen LogP contribution < -0.4 is 19.9 Å². The van der Waals surface area contributed by atoms with Crippen LogP contribution in [0, 0.1) is 0 Å². The number of carbonyl (C=O) groups is 2. The molecule has 0 saturated heterocycles. The molecule has 1 amide bonds. The highest BCUT2D eigenvalue weighted by molar-refractivity contribution is 6.02. The minimum absolute atomic E-state index is 0.0274. The fraction of sp³-hybridized carbons (Fsp3) is 0.400. The molecule has 2 aromatic rings. The number of benzene rings is 1. The third-order valence-electron chi connectivity index (χ3n) is 5.52. The molecule has 9 nitrogen and oxygen atoms in total. The highest BCUT2D eigenvalue weighted by atomic mass is 16.5. The van der Waals surface area contributed by atoms with Crippen LogP contribution in [0.25, 0.3) is 0 Å². The van der Waals surface area contributed by atoms with Crippen LogP contribution in [0.5, 0.6) is 5.75 Å². The van der Waals surface area contributed by atoms with Crippen molar-refractivity contribution >= 4 is 35.0 Å². The van der Waals surface area contributed by atoms with Crippen LogP contribution in [0.15, 0.2) is 24.4 Å². The summed E-state index contributed by atoms with van der Waals surface area (Å²) in [6.07, 6.45) is 6.05. The van der Waals surface area contributed by atoms with Crippen molar-refractivity contribution in [2.24, 2.45) is 0 Å². The Bertz CT molecular complexity index is 958. The van der Waals surface area contributed by atoms with Gasteiger partial charge in [0.05, 0.1) is 31.1 Å². The fourth-order valence-electron chi connectivity index (χ4n) is 3.90. The maximum atomic E-state index is 12.4. The summed E-state index contributed by atoms with van der Waals surface area (Å²) in [5.74, 6) is 0.471. The summed E-state index contributed by atoms with van der Waals surface area (Å²) in [7, 11) is 3.21. The van der Waals surface area contributed by atoms with Crippen LogP contribution in [0.2, 0.25) is 0 Å². The topological polar surface area (TPSA) is 108 Å². The van der Waals surface area contributed by atoms with Crippen molar-refractivity contribution in [1.82, 2.24) is 9.97 Å². The van der Waals surface area contributed by atoms with E-state index in [1.165, 1.54) is 19.2 Å². The Morgan fingerprint density at radius 3 is 2.76 bits per heavy atom. The summed E-state index contributed by atoms with van der Waals surface area (Å²) in [5, 5.41) is 12.3. The van der Waals surface area contributed by atoms with E-state index in [9.17, 15) is 9.59 Å². The number of hydrogen-bond acceptors (Lipinski definition) is 7. The van der Waals surface area contributed by atoms with E-state index in [2.05, 4.69) is 15.2 Å². The number of carboxylic acids is 1. The van der Waals surface area contributed by atoms with Gasteiger partial charge in [0.15, 0.2) is 5.82 Å². The molecule has 2 N–H and O–H groups in total. The molecule has 152 valence electrons. The second-order valence-corrected chi connectivity index (χ2v) is 7.27. The van der Waals surface area contributed by atoms with Crippen LogP contribution >= 0.6 is 0 Å². The first-order valence-corrected chi connectivity index (χ1v) is 9.56. The maximum Gasteiger partial charge on any atom is 0.335 e. The molecule has 2 heterocycles. The summed E-state index contributed by atoms with van der Waals surface area (Å²) < 4.78 is 5.31. The van der Waals surface area contributed by atoms with Gasteiger partial charge in [-0.3, -0.25) is 4.79 Å². The van der Waals surface area contributed by atoms with Crippen LogP contribution in [0.3, 0.4) is 0 Å². The Kier molecular flexibility index (Phi) is 4.96. The molecule has 29 heavy (non-hydrogen) atoms. The molecular formula is C20H23N5O4. The van der Waals surface area contributed by atoms with E-state index in [-0.39, 0.29) is 11.5 Å². The standard InChI is InChI=1S/C20H23N5O4/c1-24-15-10-21-20(22-14-8-7-12(19(27)28)9-16(14)29-2)23-18(15)25(11-17(24)26)13-5-3-4-6-13/h7-10,13H,3-6,11H2,1-2H3,(H,27,28)(H,21,22,23). The smallest absolute Gasteiger partial charge is 0.335 e. The number of ether oxygens (including phenoxy) is 1. The molecule has 0 atom stereocenters. The van der Waals surface area contributed by atoms with Gasteiger partial charge in [-0.25, -0.2) is 9.78 Å². The van der Waals surface area contributed by atoms with Gasteiger partial charge in [-0.05, 0) is 31.0 Å². The van der Waals surface area contributed by atoms with Gasteiger partial charge in [-0.15, -0.1) is 0 Å². The zero-order valence-electron chi connectivity index (χ0n) is 16.4. The van der Waals surface area contributed by atoms with Crippen LogP contribution in [-0.2, 0) is 4.79 Å². The molecule has 0 radical (unpaired) electrons. The lowest BCUT2D eigenvalue weighted by Gasteiger charge is -2.37. The van der Waals surface area contributed by atoms with Crippen LogP contribution in [0.4, 0.5) is 23.1 Å². The SMILES string of the molecule is COc1cc(C(=O)O)ccc1Nc1ncc2c(n1)N(C1CCCC1)CC(=O)N2C. The predicted molar refractivity (Wildman–Crippen MR) is 108 cm³/mol. The van der Waals surface area contributed by atoms with Gasteiger partial charge in [0.25, 0.3) is 0 Å². The molecule has 0 unspecified atom stereocenters. The zero-order valence-corrected chi connectivity index (χ0v) is 16.4. The number of amides is 1. The molecule has 0 spiro atoms. The van der Waals surface area contributed by atoms with Crippen molar-refractivity contribution < 1.29 is 19.4 Å². The number of methoxy groups -OCH3 is 1. The number of fused-ring (bicyclic) bond motifs is 1. The molecule has 9 heteroatoms. The van der Waals surface area contributed by atoms with E-state index in [1.807, 2.05) is 0 Å². The molecule has 1 saturated carbocycles. The average Bonchev–Trinajstić information content (AvgIpc) is 3.25. The number of anilines is 4. The second-order valence-electron chi connectivity index (χ2n) is 7.27. The third-order valence-corrected chi connectivity index (χ3v) is 5.52. The van der Waals surface area contributed by atoms with Crippen molar-refractivity contribution in [3.05, 3.63) is 30.0 Å². The molecule has 1 aromatic heterocycles. The fourth-order valence-corrected chi connectivity index (χ4v) is 3.90. The number of likely N-dealkylation sites (N-methyl/N-ethyl adjacent to an activating group) is 1. The average molecular weight is 397 g/mol. The minimum Gasteiger partial charge on any atom is -0.495 e. The Morgan fingerprint density at radius 2 is 2.07 bits per heavy atom. The summed E-state index contributed by atoms with van der Waals surface area (Å²) in [4.78, 5) is 36.3. The number of nitrogens with zero attached hydrogens (tertiary/aromatic N) is 4. The number of carboxylic acid groups (broad SMARTS) is 1. The largest absolute Gasteiger partial charge is 0.495 e. The zero-order chi connectivity index (χ0) is 20.5. The number of rotatable bonds is 5. The minimum atomic E-state index is -1.03. The normalized spacial score (nSPS) is 16.7. The molecule has 1 fully saturated rings. The first kappa shape index (κ1) is 19.0. The number of nitrogens with one attached hydrogen (secondary N) is 1. The first-order valence-electron chi connectivity index (χ1n) is 9.56. The van der Waals surface area contributed by atoms with Crippen molar-refractivity contribution in [2.75, 3.05) is 35.8 Å². The van der Waals surface area contributed by atoms with Gasteiger partial charge in [-0.2, -0.15) is 4.98 Å². The van der Waals surface area contributed by atoms with E-state index in [1.54, 1.807) is 24.2 Å². The van der Waals surface area contributed by atoms with E-state index in [0.29, 0.717) is 35.7 Å². The molecule has 1 aliphatic heterocycles. The van der Waals surface area contributed by atoms with Crippen molar-refractivity contribution in [3.8, 4) is 5.75 Å². The monoisotopic (exact) mass is 397 g/mol. The van der Waals surface area contributed by atoms with Crippen molar-refractivity contribution in [2.45, 2.75) is 31.7 Å². The Labute approximate surface area is 168 Å². The van der Waals surface area contributed by atoms with E-state index in [4.69, 9.17) is 14.8 Å². The molecule has 2 aliphatic rings. The van der Waals surface area contributed by atoms with Gasteiger partial charge in [-0.1, -0.05) is 12.8 Å². The van der Waals surface area contributed by atoms with Crippen LogP contribution in [-0.4, -0.2) is 53.7 Å². The third kappa shape index (κ3) is 3.55. The quantitative estimate of drug-likeness (QED) is 0.793. The van der Waals surface area contributed by atoms with Gasteiger partial charge in [0, 0.05) is 13.1 Å². The lowest BCUT2D eigenvalue weighted by Crippen LogP contribution is -2.48. The van der Waals surface area contributed by atoms with Gasteiger partial charge in [0.2, 0.25) is 11.9 Å². The van der Waals surface area contributed by atoms with E-state index < -0.39 is 5.97 Å². The highest BCUT2D eigenvalue weighted by Gasteiger charge is 2.34. The lowest BCUT2D eigenvalue weighted by atomic mass is 10.1. The molecule has 0 bridgehead atoms. The van der Waals surface area contributed by atoms with Crippen molar-refractivity contribution in [3.63, 3.8) is 0 Å². The molecule has 1 aliphatic carbocycles. The predicted octanol–water partition coefficient (Wildman–Crippen LogP) is 2.65. The van der Waals surface area contributed by atoms with Gasteiger partial charge >= 0.3 is 5.97 Å². The van der Waals surface area contributed by atoms with Gasteiger partial charge < -0.3 is 25.0 Å². The number of aromatic carboxylic acids is 1. The lowest BCUT2D eigenvalue weighted by molar-refractivity contribution is -0.117. The second kappa shape index (κ2) is 7.57. The maximum absolute atomic E-state index is 12.4. The number of hydrogen-bond donors (Lipinski definition) is 2. The summed E-state index contributed by atoms with van der Waals surface area (Å²) >= 11 is 0. The molecule has 1 aromatic carbocycles. The number of carbonyl (C=O) groups excluding carboxylic acids is 1. The molecule has 4 rings (SSSR count). The van der Waals surface area contributed by atoms with Gasteiger partial charge in [0.1, 0.15) is 11.4 Å².